The Balaban J connectivity index is 2.61. The third-order valence-corrected chi connectivity index (χ3v) is 1.83. The van der Waals surface area contributed by atoms with Crippen molar-refractivity contribution in [3.05, 3.63) is 0 Å². The van der Waals surface area contributed by atoms with Crippen LogP contribution in [0.2, 0.25) is 0 Å². The molecule has 0 aromatic heterocycles. The van der Waals surface area contributed by atoms with Gasteiger partial charge in [-0.25, -0.2) is 0 Å². The van der Waals surface area contributed by atoms with E-state index in [2.05, 4.69) is 0 Å². The molecule has 1 rings (SSSR count). The van der Waals surface area contributed by atoms with Gasteiger partial charge in [0.15, 0.2) is 17.7 Å². The highest BCUT2D eigenvalue weighted by molar-refractivity contribution is 6.04. The summed E-state index contributed by atoms with van der Waals surface area (Å²) >= 11 is 0. The molecule has 0 amide bonds. The van der Waals surface area contributed by atoms with Crippen molar-refractivity contribution in [3.8, 4) is 0 Å². The molecule has 2 atom stereocenters. The molecule has 2 unspecified atom stereocenters. The van der Waals surface area contributed by atoms with E-state index < -0.39 is 6.10 Å². The lowest BCUT2D eigenvalue weighted by Crippen LogP contribution is -2.38. The Morgan fingerprint density at radius 2 is 2.27 bits per heavy atom. The van der Waals surface area contributed by atoms with Gasteiger partial charge in [0.2, 0.25) is 0 Å². The lowest BCUT2D eigenvalue weighted by atomic mass is 10.0. The molecule has 11 heavy (non-hydrogen) atoms. The zero-order chi connectivity index (χ0) is 8.43. The highest BCUT2D eigenvalue weighted by Gasteiger charge is 2.30. The Morgan fingerprint density at radius 3 is 2.73 bits per heavy atom. The summed E-state index contributed by atoms with van der Waals surface area (Å²) in [6.45, 7) is 3.27. The van der Waals surface area contributed by atoms with Crippen LogP contribution in [-0.2, 0) is 14.3 Å². The van der Waals surface area contributed by atoms with Gasteiger partial charge in [-0.05, 0) is 20.3 Å². The van der Waals surface area contributed by atoms with Crippen molar-refractivity contribution in [2.75, 3.05) is 0 Å². The molecule has 3 nitrogen and oxygen atoms in total. The third-order valence-electron chi connectivity index (χ3n) is 1.83. The van der Waals surface area contributed by atoms with Gasteiger partial charge < -0.3 is 4.74 Å². The van der Waals surface area contributed by atoms with E-state index in [4.69, 9.17) is 4.74 Å². The van der Waals surface area contributed by atoms with Crippen LogP contribution in [0.4, 0.5) is 0 Å². The van der Waals surface area contributed by atoms with E-state index in [1.54, 1.807) is 0 Å². The fourth-order valence-electron chi connectivity index (χ4n) is 1.18. The summed E-state index contributed by atoms with van der Waals surface area (Å²) in [6, 6.07) is 0. The molecule has 1 heterocycles. The van der Waals surface area contributed by atoms with Crippen LogP contribution < -0.4 is 0 Å². The first-order valence-corrected chi connectivity index (χ1v) is 3.80. The molecule has 1 fully saturated rings. The summed E-state index contributed by atoms with van der Waals surface area (Å²) < 4.78 is 5.16. The van der Waals surface area contributed by atoms with Crippen LogP contribution in [0.1, 0.15) is 26.7 Å². The number of rotatable bonds is 1. The zero-order valence-corrected chi connectivity index (χ0v) is 6.79. The van der Waals surface area contributed by atoms with Crippen molar-refractivity contribution in [3.63, 3.8) is 0 Å². The number of hydrogen-bond acceptors (Lipinski definition) is 3. The van der Waals surface area contributed by atoms with Crippen LogP contribution in [0, 0.1) is 0 Å². The Hall–Kier alpha value is -0.700. The van der Waals surface area contributed by atoms with E-state index >= 15 is 0 Å². The second kappa shape index (κ2) is 3.13. The fourth-order valence-corrected chi connectivity index (χ4v) is 1.18. The van der Waals surface area contributed by atoms with E-state index in [1.165, 1.54) is 6.92 Å². The minimum absolute atomic E-state index is 0.0431. The first kappa shape index (κ1) is 8.40. The lowest BCUT2D eigenvalue weighted by molar-refractivity contribution is -0.151. The Bertz CT molecular complexity index is 186. The molecule has 1 aliphatic heterocycles. The summed E-state index contributed by atoms with van der Waals surface area (Å²) in [5.74, 6) is -0.253. The average molecular weight is 156 g/mol. The van der Waals surface area contributed by atoms with Crippen molar-refractivity contribution >= 4 is 11.6 Å². The van der Waals surface area contributed by atoms with Crippen molar-refractivity contribution in [2.45, 2.75) is 38.9 Å². The molecule has 0 spiro atoms. The van der Waals surface area contributed by atoms with E-state index in [0.29, 0.717) is 6.42 Å². The summed E-state index contributed by atoms with van der Waals surface area (Å²) in [4.78, 5) is 21.8. The first-order chi connectivity index (χ1) is 5.11. The Morgan fingerprint density at radius 1 is 1.64 bits per heavy atom. The third kappa shape index (κ3) is 1.87. The zero-order valence-electron chi connectivity index (χ0n) is 6.79. The predicted octanol–water partition coefficient (Wildman–Crippen LogP) is 0.712. The van der Waals surface area contributed by atoms with Gasteiger partial charge in [0.25, 0.3) is 0 Å². The maximum absolute atomic E-state index is 11.0. The van der Waals surface area contributed by atoms with E-state index in [9.17, 15) is 9.59 Å². The minimum atomic E-state index is -0.779. The topological polar surface area (TPSA) is 43.4 Å². The van der Waals surface area contributed by atoms with Gasteiger partial charge in [0.05, 0.1) is 6.10 Å². The lowest BCUT2D eigenvalue weighted by Gasteiger charge is -2.24. The summed E-state index contributed by atoms with van der Waals surface area (Å²) in [7, 11) is 0. The normalized spacial score (nSPS) is 32.0. The summed E-state index contributed by atoms with van der Waals surface area (Å²) in [5.41, 5.74) is 0. The molecular weight excluding hydrogens is 144 g/mol. The first-order valence-electron chi connectivity index (χ1n) is 3.80. The van der Waals surface area contributed by atoms with E-state index in [0.717, 1.165) is 6.42 Å². The second-order valence-corrected chi connectivity index (χ2v) is 2.94. The SMILES string of the molecule is CC(=O)C1OC(C)CCC1=O. The maximum atomic E-state index is 11.0. The van der Waals surface area contributed by atoms with Crippen LogP contribution in [-0.4, -0.2) is 23.8 Å². The molecule has 0 N–H and O–H groups in total. The molecule has 0 bridgehead atoms. The Labute approximate surface area is 65.7 Å². The maximum Gasteiger partial charge on any atom is 0.174 e. The molecule has 0 radical (unpaired) electrons. The average Bonchev–Trinajstić information content (AvgIpc) is 1.94. The monoisotopic (exact) mass is 156 g/mol. The van der Waals surface area contributed by atoms with Crippen LogP contribution in [0.5, 0.6) is 0 Å². The summed E-state index contributed by atoms with van der Waals surface area (Å²) in [5, 5.41) is 0. The van der Waals surface area contributed by atoms with Gasteiger partial charge in [0, 0.05) is 6.42 Å². The Kier molecular flexibility index (Phi) is 2.39. The van der Waals surface area contributed by atoms with Crippen LogP contribution in [0.3, 0.4) is 0 Å². The quantitative estimate of drug-likeness (QED) is 0.525. The number of ketones is 2. The highest BCUT2D eigenvalue weighted by Crippen LogP contribution is 2.15. The van der Waals surface area contributed by atoms with Gasteiger partial charge >= 0.3 is 0 Å². The molecule has 1 saturated heterocycles. The van der Waals surface area contributed by atoms with Gasteiger partial charge in [-0.15, -0.1) is 0 Å². The van der Waals surface area contributed by atoms with E-state index in [1.807, 2.05) is 6.92 Å². The minimum Gasteiger partial charge on any atom is -0.360 e. The molecule has 0 aliphatic carbocycles. The molecule has 1 aliphatic rings. The van der Waals surface area contributed by atoms with Gasteiger partial charge in [0.1, 0.15) is 0 Å². The molecule has 62 valence electrons. The van der Waals surface area contributed by atoms with Crippen LogP contribution >= 0.6 is 0 Å². The van der Waals surface area contributed by atoms with Crippen molar-refractivity contribution in [1.82, 2.24) is 0 Å². The van der Waals surface area contributed by atoms with Crippen molar-refractivity contribution in [2.24, 2.45) is 0 Å². The fraction of sp³-hybridized carbons (Fsp3) is 0.750. The van der Waals surface area contributed by atoms with Gasteiger partial charge in [-0.2, -0.15) is 0 Å². The smallest absolute Gasteiger partial charge is 0.174 e. The van der Waals surface area contributed by atoms with Crippen LogP contribution in [0.25, 0.3) is 0 Å². The largest absolute Gasteiger partial charge is 0.360 e. The molecule has 0 aromatic carbocycles. The number of hydrogen-bond donors (Lipinski definition) is 0. The van der Waals surface area contributed by atoms with Crippen molar-refractivity contribution in [1.29, 1.82) is 0 Å². The number of carbonyl (C=O) groups is 2. The number of Topliss-reactive ketones (excluding diaryl/α,β-unsaturated/α-hetero) is 2. The number of ether oxygens (including phenoxy) is 1. The molecular formula is C8H12O3. The molecule has 0 saturated carbocycles. The molecule has 3 heteroatoms. The number of carbonyl (C=O) groups excluding carboxylic acids is 2. The van der Waals surface area contributed by atoms with Gasteiger partial charge in [-0.3, -0.25) is 9.59 Å². The van der Waals surface area contributed by atoms with Gasteiger partial charge in [-0.1, -0.05) is 0 Å². The standard InChI is InChI=1S/C8H12O3/c1-5-3-4-7(10)8(11-5)6(2)9/h5,8H,3-4H2,1-2H3. The summed E-state index contributed by atoms with van der Waals surface area (Å²) in [6.07, 6.45) is 0.481. The van der Waals surface area contributed by atoms with Crippen molar-refractivity contribution < 1.29 is 14.3 Å². The van der Waals surface area contributed by atoms with Crippen LogP contribution in [0.15, 0.2) is 0 Å². The highest BCUT2D eigenvalue weighted by atomic mass is 16.5. The van der Waals surface area contributed by atoms with E-state index in [-0.39, 0.29) is 17.7 Å². The molecule has 0 aromatic rings. The predicted molar refractivity (Wildman–Crippen MR) is 39.3 cm³/mol. The second-order valence-electron chi connectivity index (χ2n) is 2.94.